The van der Waals surface area contributed by atoms with Gasteiger partial charge >= 0.3 is 5.97 Å². The molecule has 0 N–H and O–H groups in total. The van der Waals surface area contributed by atoms with Crippen molar-refractivity contribution in [3.63, 3.8) is 0 Å². The minimum atomic E-state index is -0.751. The van der Waals surface area contributed by atoms with E-state index in [0.717, 1.165) is 11.1 Å². The number of fused-ring (bicyclic) bond motifs is 1. The van der Waals surface area contributed by atoms with E-state index in [9.17, 15) is 9.59 Å². The van der Waals surface area contributed by atoms with Crippen LogP contribution < -0.4 is 29.1 Å². The smallest absolute Gasteiger partial charge is 0.338 e. The molecule has 0 fully saturated rings. The maximum absolute atomic E-state index is 14.0. The molecule has 0 bridgehead atoms. The third kappa shape index (κ3) is 6.99. The summed E-state index contributed by atoms with van der Waals surface area (Å²) in [5, 5.41) is 1.05. The molecule has 12 heteroatoms. The van der Waals surface area contributed by atoms with Crippen LogP contribution in [0.5, 0.6) is 17.2 Å². The molecule has 3 aromatic carbocycles. The lowest BCUT2D eigenvalue weighted by atomic mass is 9.96. The van der Waals surface area contributed by atoms with Crippen molar-refractivity contribution in [3.8, 4) is 17.2 Å². The number of methoxy groups -OCH3 is 1. The Kier molecular flexibility index (Phi) is 10.4. The molecule has 2 heterocycles. The maximum Gasteiger partial charge on any atom is 0.338 e. The molecule has 1 aliphatic rings. The monoisotopic (exact) mass is 730 g/mol. The highest BCUT2D eigenvalue weighted by Crippen LogP contribution is 2.35. The highest BCUT2D eigenvalue weighted by Gasteiger charge is 2.33. The Morgan fingerprint density at radius 1 is 1.02 bits per heavy atom. The molecule has 0 aliphatic carbocycles. The lowest BCUT2D eigenvalue weighted by molar-refractivity contribution is -0.139. The molecule has 1 aliphatic heterocycles. The summed E-state index contributed by atoms with van der Waals surface area (Å²) < 4.78 is 25.4. The van der Waals surface area contributed by atoms with Crippen molar-refractivity contribution >= 4 is 62.5 Å². The number of aromatic nitrogens is 1. The second-order valence-corrected chi connectivity index (χ2v) is 12.6. The van der Waals surface area contributed by atoms with Crippen molar-refractivity contribution in [1.29, 1.82) is 0 Å². The number of hydrogen-bond acceptors (Lipinski definition) is 8. The molecule has 1 aromatic heterocycles. The quantitative estimate of drug-likeness (QED) is 0.166. The van der Waals surface area contributed by atoms with Crippen LogP contribution in [0.1, 0.15) is 43.5 Å². The van der Waals surface area contributed by atoms with E-state index in [2.05, 4.69) is 20.9 Å². The van der Waals surface area contributed by atoms with Gasteiger partial charge in [-0.05, 0) is 90.3 Å². The number of nitrogens with zero attached hydrogens (tertiary/aromatic N) is 2. The van der Waals surface area contributed by atoms with Gasteiger partial charge in [0.25, 0.3) is 5.56 Å². The van der Waals surface area contributed by atoms with Crippen LogP contribution in [-0.2, 0) is 16.1 Å². The first kappa shape index (κ1) is 32.8. The second kappa shape index (κ2) is 14.2. The first-order valence-electron chi connectivity index (χ1n) is 14.0. The highest BCUT2D eigenvalue weighted by molar-refractivity contribution is 9.10. The number of allylic oxidation sites excluding steroid dienone is 1. The average molecular weight is 732 g/mol. The van der Waals surface area contributed by atoms with Crippen LogP contribution in [0.25, 0.3) is 6.08 Å². The molecule has 234 valence electrons. The molecule has 1 atom stereocenters. The maximum atomic E-state index is 14.0. The molecule has 45 heavy (non-hydrogen) atoms. The Labute approximate surface area is 282 Å². The third-order valence-corrected chi connectivity index (χ3v) is 9.16. The van der Waals surface area contributed by atoms with Crippen LogP contribution in [0.15, 0.2) is 80.1 Å². The average Bonchev–Trinajstić information content (AvgIpc) is 3.30. The van der Waals surface area contributed by atoms with Gasteiger partial charge in [0.2, 0.25) is 0 Å². The first-order valence-corrected chi connectivity index (χ1v) is 16.4. The van der Waals surface area contributed by atoms with E-state index in [1.165, 1.54) is 11.3 Å². The first-order chi connectivity index (χ1) is 21.6. The van der Waals surface area contributed by atoms with Crippen LogP contribution in [0.3, 0.4) is 0 Å². The van der Waals surface area contributed by atoms with E-state index < -0.39 is 12.0 Å². The summed E-state index contributed by atoms with van der Waals surface area (Å²) in [5.41, 5.74) is 2.71. The minimum absolute atomic E-state index is 0.188. The standard InChI is InChI=1S/C33H29BrCl2N2O6S/c1-5-42-27-13-19(7-11-26(27)44-17-21-8-10-22(35)16-24(21)36)14-28-31(39)38-30(20-9-12-25(41-4)23(34)15-20)29(32(40)43-6-2)18(3)37-33(38)45-28/h7-16,30H,5-6,17H2,1-4H3/b28-14+/t30-/m1/s1. The lowest BCUT2D eigenvalue weighted by Crippen LogP contribution is -2.39. The number of carbonyl (C=O) groups is 1. The normalized spacial score (nSPS) is 14.6. The molecule has 8 nitrogen and oxygen atoms in total. The Bertz CT molecular complexity index is 1990. The van der Waals surface area contributed by atoms with Gasteiger partial charge in [0, 0.05) is 15.6 Å². The zero-order valence-electron chi connectivity index (χ0n) is 24.9. The van der Waals surface area contributed by atoms with Gasteiger partial charge in [-0.2, -0.15) is 0 Å². The fraction of sp³-hybridized carbons (Fsp3) is 0.242. The van der Waals surface area contributed by atoms with Gasteiger partial charge in [-0.25, -0.2) is 9.79 Å². The minimum Gasteiger partial charge on any atom is -0.496 e. The van der Waals surface area contributed by atoms with E-state index in [1.807, 2.05) is 37.3 Å². The molecule has 0 saturated carbocycles. The number of benzene rings is 3. The number of ether oxygens (including phenoxy) is 4. The molecule has 4 aromatic rings. The SMILES string of the molecule is CCOC(=O)C1=C(C)N=c2s/c(=C/c3ccc(OCc4ccc(Cl)cc4Cl)c(OCC)c3)c(=O)n2[C@@H]1c1ccc(OC)c(Br)c1. The van der Waals surface area contributed by atoms with Crippen LogP contribution in [-0.4, -0.2) is 30.9 Å². The molecule has 0 spiro atoms. The zero-order chi connectivity index (χ0) is 32.2. The predicted octanol–water partition coefficient (Wildman–Crippen LogP) is 6.85. The summed E-state index contributed by atoms with van der Waals surface area (Å²) in [6, 6.07) is 15.4. The van der Waals surface area contributed by atoms with Crippen LogP contribution in [0, 0.1) is 0 Å². The Morgan fingerprint density at radius 3 is 2.49 bits per heavy atom. The number of halogens is 3. The van der Waals surface area contributed by atoms with Gasteiger partial charge in [0.15, 0.2) is 16.3 Å². The van der Waals surface area contributed by atoms with E-state index in [-0.39, 0.29) is 18.8 Å². The number of thiazole rings is 1. The van der Waals surface area contributed by atoms with Crippen LogP contribution in [0.2, 0.25) is 10.0 Å². The van der Waals surface area contributed by atoms with Gasteiger partial charge in [0.05, 0.1) is 46.6 Å². The van der Waals surface area contributed by atoms with Crippen molar-refractivity contribution in [3.05, 3.63) is 117 Å². The van der Waals surface area contributed by atoms with Crippen molar-refractivity contribution in [1.82, 2.24) is 4.57 Å². The van der Waals surface area contributed by atoms with Gasteiger partial charge in [-0.15, -0.1) is 0 Å². The van der Waals surface area contributed by atoms with Crippen molar-refractivity contribution < 1.29 is 23.7 Å². The van der Waals surface area contributed by atoms with Gasteiger partial charge in [-0.3, -0.25) is 9.36 Å². The topological polar surface area (TPSA) is 88.4 Å². The predicted molar refractivity (Wildman–Crippen MR) is 179 cm³/mol. The fourth-order valence-corrected chi connectivity index (χ4v) is 6.98. The fourth-order valence-electron chi connectivity index (χ4n) is 4.91. The number of hydrogen-bond donors (Lipinski definition) is 0. The molecule has 0 unspecified atom stereocenters. The Balaban J connectivity index is 1.56. The summed E-state index contributed by atoms with van der Waals surface area (Å²) in [5.74, 6) is 1.15. The summed E-state index contributed by atoms with van der Waals surface area (Å²) >= 11 is 17.1. The second-order valence-electron chi connectivity index (χ2n) is 9.86. The molecular weight excluding hydrogens is 703 g/mol. The summed E-state index contributed by atoms with van der Waals surface area (Å²) in [6.45, 7) is 6.19. The van der Waals surface area contributed by atoms with Crippen molar-refractivity contribution in [2.24, 2.45) is 4.99 Å². The summed E-state index contributed by atoms with van der Waals surface area (Å²) in [7, 11) is 1.57. The summed E-state index contributed by atoms with van der Waals surface area (Å²) in [4.78, 5) is 32.3. The van der Waals surface area contributed by atoms with Crippen LogP contribution in [0.4, 0.5) is 0 Å². The zero-order valence-corrected chi connectivity index (χ0v) is 28.8. The molecule has 5 rings (SSSR count). The summed E-state index contributed by atoms with van der Waals surface area (Å²) in [6.07, 6.45) is 1.77. The highest BCUT2D eigenvalue weighted by atomic mass is 79.9. The molecule has 0 amide bonds. The van der Waals surface area contributed by atoms with E-state index in [4.69, 9.17) is 42.1 Å². The third-order valence-electron chi connectivity index (χ3n) is 6.97. The number of rotatable bonds is 10. The van der Waals surface area contributed by atoms with Crippen molar-refractivity contribution in [2.75, 3.05) is 20.3 Å². The van der Waals surface area contributed by atoms with Crippen molar-refractivity contribution in [2.45, 2.75) is 33.4 Å². The van der Waals surface area contributed by atoms with E-state index in [1.54, 1.807) is 55.9 Å². The molecule has 0 saturated heterocycles. The van der Waals surface area contributed by atoms with E-state index >= 15 is 0 Å². The number of esters is 1. The Morgan fingerprint density at radius 2 is 1.80 bits per heavy atom. The molecule has 0 radical (unpaired) electrons. The van der Waals surface area contributed by atoms with Crippen LogP contribution >= 0.6 is 50.5 Å². The lowest BCUT2D eigenvalue weighted by Gasteiger charge is -2.25. The van der Waals surface area contributed by atoms with Gasteiger partial charge < -0.3 is 18.9 Å². The van der Waals surface area contributed by atoms with Gasteiger partial charge in [-0.1, -0.05) is 52.7 Å². The number of carbonyl (C=O) groups excluding carboxylic acids is 1. The van der Waals surface area contributed by atoms with Gasteiger partial charge in [0.1, 0.15) is 12.4 Å². The molecular formula is C33H29BrCl2N2O6S. The van der Waals surface area contributed by atoms with E-state index in [0.29, 0.717) is 64.5 Å². The largest absolute Gasteiger partial charge is 0.496 e. The Hall–Kier alpha value is -3.57.